The molecular formula is C23H23F2N3O2. The lowest BCUT2D eigenvalue weighted by Gasteiger charge is -2.46. The van der Waals surface area contributed by atoms with Gasteiger partial charge in [0.2, 0.25) is 5.92 Å². The molecule has 0 aromatic heterocycles. The van der Waals surface area contributed by atoms with Crippen LogP contribution in [-0.2, 0) is 10.2 Å². The molecule has 2 atom stereocenters. The lowest BCUT2D eigenvalue weighted by Crippen LogP contribution is -2.53. The third-order valence-electron chi connectivity index (χ3n) is 7.17. The van der Waals surface area contributed by atoms with Gasteiger partial charge in [-0.2, -0.15) is 10.2 Å². The van der Waals surface area contributed by atoms with E-state index in [9.17, 15) is 13.6 Å². The topological polar surface area (TPSA) is 63.0 Å². The van der Waals surface area contributed by atoms with E-state index < -0.39 is 17.5 Å². The largest absolute Gasteiger partial charge is 0.492 e. The number of ketones is 1. The Balaban J connectivity index is 1.60. The Hall–Kier alpha value is -2.57. The molecule has 1 spiro atoms. The molecule has 1 aromatic carbocycles. The van der Waals surface area contributed by atoms with Crippen molar-refractivity contribution in [1.82, 2.24) is 5.32 Å². The van der Waals surface area contributed by atoms with Crippen LogP contribution < -0.4 is 10.1 Å². The molecule has 3 aliphatic heterocycles. The number of carbonyl (C=O) groups is 1. The van der Waals surface area contributed by atoms with Crippen LogP contribution in [0.2, 0.25) is 0 Å². The SMILES string of the molecule is CC1(C)CC(=O)C2=C(C1)NC1N=NC(C3CC(F)(F)C3)=C1[C@@]21COc2ccccc21. The number of nitrogens with zero attached hydrogens (tertiary/aromatic N) is 2. The number of carbonyl (C=O) groups excluding carboxylic acids is 1. The first-order valence-electron chi connectivity index (χ1n) is 10.5. The molecule has 5 nitrogen and oxygen atoms in total. The number of fused-ring (bicyclic) bond motifs is 5. The number of Topliss-reactive ketones (excluding diaryl/α,β-unsaturated/α-hetero) is 1. The summed E-state index contributed by atoms with van der Waals surface area (Å²) in [6, 6.07) is 7.73. The molecule has 1 N–H and O–H groups in total. The standard InChI is InChI=1S/C23H23F2N3O2/c1-21(2)9-14-17(15(29)10-21)23(11-30-16-6-4-3-5-13(16)23)18-19(27-28-20(18)26-14)12-7-22(24,25)8-12/h3-6,12,20,26H,7-11H2,1-2H3/t20?,23-/m1/s1. The summed E-state index contributed by atoms with van der Waals surface area (Å²) in [5.74, 6) is -2.17. The van der Waals surface area contributed by atoms with Crippen molar-refractivity contribution in [2.24, 2.45) is 21.6 Å². The molecule has 1 fully saturated rings. The van der Waals surface area contributed by atoms with Gasteiger partial charge in [0.1, 0.15) is 12.4 Å². The number of alkyl halides is 2. The average molecular weight is 411 g/mol. The molecule has 7 heteroatoms. The maximum Gasteiger partial charge on any atom is 0.249 e. The van der Waals surface area contributed by atoms with E-state index in [0.717, 1.165) is 29.0 Å². The first kappa shape index (κ1) is 18.2. The fourth-order valence-corrected chi connectivity index (χ4v) is 5.96. The second-order valence-corrected chi connectivity index (χ2v) is 10.0. The molecule has 1 saturated carbocycles. The predicted octanol–water partition coefficient (Wildman–Crippen LogP) is 4.65. The smallest absolute Gasteiger partial charge is 0.249 e. The van der Waals surface area contributed by atoms with E-state index in [-0.39, 0.29) is 36.6 Å². The summed E-state index contributed by atoms with van der Waals surface area (Å²) < 4.78 is 33.5. The molecule has 3 heterocycles. The van der Waals surface area contributed by atoms with Crippen molar-refractivity contribution in [2.45, 2.75) is 57.0 Å². The Bertz CT molecular complexity index is 1080. The van der Waals surface area contributed by atoms with Crippen LogP contribution >= 0.6 is 0 Å². The zero-order valence-corrected chi connectivity index (χ0v) is 17.0. The molecule has 0 radical (unpaired) electrons. The summed E-state index contributed by atoms with van der Waals surface area (Å²) in [5, 5.41) is 12.3. The number of benzene rings is 1. The van der Waals surface area contributed by atoms with Gasteiger partial charge in [-0.15, -0.1) is 0 Å². The van der Waals surface area contributed by atoms with Gasteiger partial charge in [0.15, 0.2) is 11.9 Å². The lowest BCUT2D eigenvalue weighted by molar-refractivity contribution is -0.119. The monoisotopic (exact) mass is 411 g/mol. The number of ether oxygens (including phenoxy) is 1. The lowest BCUT2D eigenvalue weighted by atomic mass is 9.59. The zero-order valence-electron chi connectivity index (χ0n) is 17.0. The molecule has 0 bridgehead atoms. The van der Waals surface area contributed by atoms with Crippen LogP contribution in [-0.4, -0.2) is 24.5 Å². The third kappa shape index (κ3) is 2.29. The summed E-state index contributed by atoms with van der Waals surface area (Å²) in [6.07, 6.45) is 0.296. The molecule has 1 unspecified atom stereocenters. The van der Waals surface area contributed by atoms with Gasteiger partial charge in [-0.05, 0) is 17.9 Å². The van der Waals surface area contributed by atoms with Crippen molar-refractivity contribution in [3.63, 3.8) is 0 Å². The molecule has 0 amide bonds. The minimum atomic E-state index is -2.65. The van der Waals surface area contributed by atoms with Gasteiger partial charge in [-0.1, -0.05) is 32.0 Å². The van der Waals surface area contributed by atoms with Crippen LogP contribution in [0.15, 0.2) is 57.0 Å². The Morgan fingerprint density at radius 1 is 1.17 bits per heavy atom. The van der Waals surface area contributed by atoms with Crippen LogP contribution in [0.1, 0.15) is 45.1 Å². The molecule has 156 valence electrons. The Morgan fingerprint density at radius 2 is 1.93 bits per heavy atom. The first-order chi connectivity index (χ1) is 14.2. The summed E-state index contributed by atoms with van der Waals surface area (Å²) in [5.41, 5.74) is 3.02. The fraction of sp³-hybridized carbons (Fsp3) is 0.522. The van der Waals surface area contributed by atoms with Gasteiger partial charge < -0.3 is 10.1 Å². The Labute approximate surface area is 173 Å². The van der Waals surface area contributed by atoms with Gasteiger partial charge in [-0.25, -0.2) is 8.78 Å². The maximum atomic E-state index is 13.7. The van der Waals surface area contributed by atoms with Gasteiger partial charge in [0.05, 0.1) is 11.1 Å². The number of nitrogens with one attached hydrogen (secondary N) is 1. The number of allylic oxidation sites excluding steroid dienone is 2. The number of azo groups is 1. The molecular weight excluding hydrogens is 388 g/mol. The molecule has 30 heavy (non-hydrogen) atoms. The molecule has 1 aromatic rings. The van der Waals surface area contributed by atoms with E-state index in [1.54, 1.807) is 0 Å². The van der Waals surface area contributed by atoms with Crippen LogP contribution in [0, 0.1) is 11.3 Å². The zero-order chi connectivity index (χ0) is 20.9. The number of hydrogen-bond acceptors (Lipinski definition) is 5. The van der Waals surface area contributed by atoms with Crippen molar-refractivity contribution >= 4 is 5.78 Å². The number of rotatable bonds is 1. The highest BCUT2D eigenvalue weighted by atomic mass is 19.3. The summed E-state index contributed by atoms with van der Waals surface area (Å²) in [7, 11) is 0. The third-order valence-corrected chi connectivity index (χ3v) is 7.17. The second-order valence-electron chi connectivity index (χ2n) is 10.0. The summed E-state index contributed by atoms with van der Waals surface area (Å²) in [4.78, 5) is 13.5. The van der Waals surface area contributed by atoms with E-state index in [2.05, 4.69) is 29.4 Å². The van der Waals surface area contributed by atoms with Gasteiger partial charge >= 0.3 is 0 Å². The number of halogens is 2. The summed E-state index contributed by atoms with van der Waals surface area (Å²) >= 11 is 0. The van der Waals surface area contributed by atoms with Gasteiger partial charge in [0, 0.05) is 47.6 Å². The fourth-order valence-electron chi connectivity index (χ4n) is 5.96. The Kier molecular flexibility index (Phi) is 3.38. The van der Waals surface area contributed by atoms with Crippen LogP contribution in [0.4, 0.5) is 8.78 Å². The summed E-state index contributed by atoms with van der Waals surface area (Å²) in [6.45, 7) is 4.46. The minimum absolute atomic E-state index is 0.0881. The molecule has 2 aliphatic carbocycles. The first-order valence-corrected chi connectivity index (χ1v) is 10.5. The van der Waals surface area contributed by atoms with Gasteiger partial charge in [-0.3, -0.25) is 4.79 Å². The highest BCUT2D eigenvalue weighted by molar-refractivity contribution is 6.02. The van der Waals surface area contributed by atoms with E-state index in [1.807, 2.05) is 24.3 Å². The van der Waals surface area contributed by atoms with Crippen molar-refractivity contribution in [3.05, 3.63) is 52.4 Å². The molecule has 6 rings (SSSR count). The van der Waals surface area contributed by atoms with E-state index in [1.165, 1.54) is 0 Å². The highest BCUT2D eigenvalue weighted by Gasteiger charge is 2.60. The quantitative estimate of drug-likeness (QED) is 0.731. The average Bonchev–Trinajstić information content (AvgIpc) is 3.21. The second kappa shape index (κ2) is 5.56. The highest BCUT2D eigenvalue weighted by Crippen LogP contribution is 2.59. The van der Waals surface area contributed by atoms with Crippen LogP contribution in [0.5, 0.6) is 5.75 Å². The minimum Gasteiger partial charge on any atom is -0.492 e. The normalized spacial score (nSPS) is 33.1. The van der Waals surface area contributed by atoms with E-state index >= 15 is 0 Å². The van der Waals surface area contributed by atoms with Crippen molar-refractivity contribution in [3.8, 4) is 5.75 Å². The molecule has 0 saturated heterocycles. The molecule has 5 aliphatic rings. The van der Waals surface area contributed by atoms with E-state index in [0.29, 0.717) is 17.7 Å². The van der Waals surface area contributed by atoms with Gasteiger partial charge in [0.25, 0.3) is 0 Å². The van der Waals surface area contributed by atoms with Crippen LogP contribution in [0.3, 0.4) is 0 Å². The Morgan fingerprint density at radius 3 is 2.70 bits per heavy atom. The van der Waals surface area contributed by atoms with Crippen molar-refractivity contribution in [1.29, 1.82) is 0 Å². The van der Waals surface area contributed by atoms with Crippen molar-refractivity contribution < 1.29 is 18.3 Å². The number of para-hydroxylation sites is 1. The van der Waals surface area contributed by atoms with Crippen molar-refractivity contribution in [2.75, 3.05) is 6.61 Å². The predicted molar refractivity (Wildman–Crippen MR) is 105 cm³/mol. The number of hydrogen-bond donors (Lipinski definition) is 1. The van der Waals surface area contributed by atoms with Crippen LogP contribution in [0.25, 0.3) is 0 Å². The maximum absolute atomic E-state index is 13.7. The van der Waals surface area contributed by atoms with E-state index in [4.69, 9.17) is 4.74 Å².